The number of nitrogens with zero attached hydrogens (tertiary/aromatic N) is 1. The molecule has 0 aromatic carbocycles. The second-order valence-corrected chi connectivity index (χ2v) is 10.1. The highest BCUT2D eigenvalue weighted by Gasteiger charge is 2.40. The summed E-state index contributed by atoms with van der Waals surface area (Å²) in [4.78, 5) is 25.5. The third kappa shape index (κ3) is 7.23. The molecule has 0 spiro atoms. The first-order valence-electron chi connectivity index (χ1n) is 8.49. The van der Waals surface area contributed by atoms with Crippen LogP contribution in [0.3, 0.4) is 0 Å². The van der Waals surface area contributed by atoms with Gasteiger partial charge in [0.05, 0.1) is 5.54 Å². The number of nitrogens with one attached hydrogen (secondary N) is 1. The van der Waals surface area contributed by atoms with Crippen molar-refractivity contribution < 1.29 is 27.5 Å². The van der Waals surface area contributed by atoms with E-state index in [1.807, 2.05) is 4.72 Å². The topological polar surface area (TPSA) is 102 Å². The van der Waals surface area contributed by atoms with E-state index in [1.54, 1.807) is 48.5 Å². The Kier molecular flexibility index (Phi) is 6.39. The molecule has 9 heteroatoms. The largest absolute Gasteiger partial charge is 0.444 e. The number of carbonyl (C=O) groups is 2. The van der Waals surface area contributed by atoms with Crippen molar-refractivity contribution in [2.75, 3.05) is 6.54 Å². The van der Waals surface area contributed by atoms with Gasteiger partial charge in [-0.15, -0.1) is 0 Å². The standard InChI is InChI=1S/C17H30N2O6S/c1-15(2,3)24-13(20)18-26(22,23)12-10-17(7)9-8-11-19(17)14(21)25-16(4,5)6/h10,12H,8-9,11H2,1-7H3,(H,18,20). The molecule has 1 saturated heterocycles. The van der Waals surface area contributed by atoms with E-state index in [1.165, 1.54) is 11.0 Å². The van der Waals surface area contributed by atoms with Gasteiger partial charge in [-0.2, -0.15) is 0 Å². The maximum absolute atomic E-state index is 12.4. The predicted molar refractivity (Wildman–Crippen MR) is 98.0 cm³/mol. The van der Waals surface area contributed by atoms with Gasteiger partial charge < -0.3 is 9.47 Å². The number of rotatable bonds is 3. The highest BCUT2D eigenvalue weighted by atomic mass is 32.2. The summed E-state index contributed by atoms with van der Waals surface area (Å²) in [6.45, 7) is 12.4. The van der Waals surface area contributed by atoms with Gasteiger partial charge in [0.25, 0.3) is 10.0 Å². The van der Waals surface area contributed by atoms with E-state index in [9.17, 15) is 18.0 Å². The minimum absolute atomic E-state index is 0.468. The molecule has 1 fully saturated rings. The molecule has 1 N–H and O–H groups in total. The van der Waals surface area contributed by atoms with Gasteiger partial charge in [0.15, 0.2) is 0 Å². The first-order chi connectivity index (χ1) is 11.5. The fraction of sp³-hybridized carbons (Fsp3) is 0.765. The Labute approximate surface area is 156 Å². The molecular formula is C17H30N2O6S. The maximum atomic E-state index is 12.4. The van der Waals surface area contributed by atoms with Crippen molar-refractivity contribution in [1.29, 1.82) is 0 Å². The predicted octanol–water partition coefficient (Wildman–Crippen LogP) is 3.14. The van der Waals surface area contributed by atoms with Crippen LogP contribution in [0.25, 0.3) is 0 Å². The zero-order valence-corrected chi connectivity index (χ0v) is 17.4. The summed E-state index contributed by atoms with van der Waals surface area (Å²) in [7, 11) is -4.05. The summed E-state index contributed by atoms with van der Waals surface area (Å²) in [6.07, 6.45) is 1.16. The van der Waals surface area contributed by atoms with E-state index in [-0.39, 0.29) is 0 Å². The van der Waals surface area contributed by atoms with Crippen LogP contribution in [0.2, 0.25) is 0 Å². The van der Waals surface area contributed by atoms with Crippen molar-refractivity contribution >= 4 is 22.2 Å². The van der Waals surface area contributed by atoms with Crippen LogP contribution >= 0.6 is 0 Å². The Balaban J connectivity index is 2.86. The maximum Gasteiger partial charge on any atom is 0.421 e. The monoisotopic (exact) mass is 390 g/mol. The van der Waals surface area contributed by atoms with E-state index < -0.39 is 39.0 Å². The lowest BCUT2D eigenvalue weighted by Gasteiger charge is -2.34. The lowest BCUT2D eigenvalue weighted by Crippen LogP contribution is -2.46. The molecule has 0 radical (unpaired) electrons. The smallest absolute Gasteiger partial charge is 0.421 e. The molecule has 1 heterocycles. The molecule has 150 valence electrons. The number of hydrogen-bond donors (Lipinski definition) is 1. The number of ether oxygens (including phenoxy) is 2. The average Bonchev–Trinajstić information content (AvgIpc) is 2.74. The molecule has 0 aromatic heterocycles. The minimum Gasteiger partial charge on any atom is -0.444 e. The van der Waals surface area contributed by atoms with Crippen LogP contribution in [-0.4, -0.2) is 48.8 Å². The van der Waals surface area contributed by atoms with Crippen LogP contribution in [0.4, 0.5) is 9.59 Å². The van der Waals surface area contributed by atoms with E-state index in [2.05, 4.69) is 0 Å². The van der Waals surface area contributed by atoms with Gasteiger partial charge in [0, 0.05) is 12.0 Å². The van der Waals surface area contributed by atoms with Crippen LogP contribution in [0.5, 0.6) is 0 Å². The molecule has 1 unspecified atom stereocenters. The molecule has 0 saturated carbocycles. The molecular weight excluding hydrogens is 360 g/mol. The Morgan fingerprint density at radius 1 is 1.08 bits per heavy atom. The first kappa shape index (κ1) is 22.3. The summed E-state index contributed by atoms with van der Waals surface area (Å²) >= 11 is 0. The number of likely N-dealkylation sites (tertiary alicyclic amines) is 1. The lowest BCUT2D eigenvalue weighted by molar-refractivity contribution is 0.0168. The van der Waals surface area contributed by atoms with Crippen LogP contribution in [0.15, 0.2) is 11.5 Å². The van der Waals surface area contributed by atoms with E-state index in [0.29, 0.717) is 13.0 Å². The van der Waals surface area contributed by atoms with Gasteiger partial charge in [-0.3, -0.25) is 4.90 Å². The third-order valence-electron chi connectivity index (χ3n) is 3.53. The summed E-state index contributed by atoms with van der Waals surface area (Å²) in [6, 6.07) is 0. The number of sulfonamides is 1. The van der Waals surface area contributed by atoms with Crippen molar-refractivity contribution in [3.05, 3.63) is 11.5 Å². The van der Waals surface area contributed by atoms with Gasteiger partial charge in [-0.25, -0.2) is 22.7 Å². The Morgan fingerprint density at radius 3 is 2.12 bits per heavy atom. The quantitative estimate of drug-likeness (QED) is 0.794. The Hall–Kier alpha value is -1.77. The van der Waals surface area contributed by atoms with Crippen LogP contribution in [0, 0.1) is 0 Å². The van der Waals surface area contributed by atoms with Gasteiger partial charge in [0.2, 0.25) is 0 Å². The molecule has 0 bridgehead atoms. The number of carbonyl (C=O) groups excluding carboxylic acids is 2. The van der Waals surface area contributed by atoms with Gasteiger partial charge >= 0.3 is 12.2 Å². The highest BCUT2D eigenvalue weighted by molar-refractivity contribution is 7.92. The summed E-state index contributed by atoms with van der Waals surface area (Å²) in [5.74, 6) is 0. The van der Waals surface area contributed by atoms with E-state index >= 15 is 0 Å². The molecule has 1 aliphatic rings. The molecule has 1 rings (SSSR count). The normalized spacial score (nSPS) is 21.7. The fourth-order valence-electron chi connectivity index (χ4n) is 2.46. The molecule has 2 amide bonds. The Morgan fingerprint density at radius 2 is 1.62 bits per heavy atom. The van der Waals surface area contributed by atoms with Crippen molar-refractivity contribution in [2.45, 2.75) is 78.0 Å². The van der Waals surface area contributed by atoms with Crippen LogP contribution in [0.1, 0.15) is 61.3 Å². The van der Waals surface area contributed by atoms with Crippen LogP contribution < -0.4 is 4.72 Å². The first-order valence-corrected chi connectivity index (χ1v) is 10.0. The fourth-order valence-corrected chi connectivity index (χ4v) is 3.28. The van der Waals surface area contributed by atoms with Crippen molar-refractivity contribution in [1.82, 2.24) is 9.62 Å². The van der Waals surface area contributed by atoms with Gasteiger partial charge in [-0.1, -0.05) is 0 Å². The second kappa shape index (κ2) is 7.46. The van der Waals surface area contributed by atoms with Crippen molar-refractivity contribution in [2.24, 2.45) is 0 Å². The van der Waals surface area contributed by atoms with Gasteiger partial charge in [0.1, 0.15) is 11.2 Å². The van der Waals surface area contributed by atoms with Crippen molar-refractivity contribution in [3.63, 3.8) is 0 Å². The zero-order chi connectivity index (χ0) is 20.4. The molecule has 1 aliphatic heterocycles. The van der Waals surface area contributed by atoms with E-state index in [0.717, 1.165) is 11.8 Å². The second-order valence-electron chi connectivity index (χ2n) is 8.54. The average molecular weight is 391 g/mol. The SMILES string of the molecule is CC(C)(C)OC(=O)NS(=O)(=O)C=CC1(C)CCCN1C(=O)OC(C)(C)C. The van der Waals surface area contributed by atoms with Crippen molar-refractivity contribution in [3.8, 4) is 0 Å². The summed E-state index contributed by atoms with van der Waals surface area (Å²) in [5, 5.41) is 0.889. The summed E-state index contributed by atoms with van der Waals surface area (Å²) < 4.78 is 36.3. The molecule has 8 nitrogen and oxygen atoms in total. The molecule has 26 heavy (non-hydrogen) atoms. The van der Waals surface area contributed by atoms with E-state index in [4.69, 9.17) is 9.47 Å². The number of hydrogen-bond acceptors (Lipinski definition) is 6. The number of amides is 2. The molecule has 0 aliphatic carbocycles. The minimum atomic E-state index is -4.05. The molecule has 1 atom stereocenters. The third-order valence-corrected chi connectivity index (χ3v) is 4.47. The van der Waals surface area contributed by atoms with Crippen LogP contribution in [-0.2, 0) is 19.5 Å². The lowest BCUT2D eigenvalue weighted by atomic mass is 10.00. The highest BCUT2D eigenvalue weighted by Crippen LogP contribution is 2.32. The van der Waals surface area contributed by atoms with Gasteiger partial charge in [-0.05, 0) is 67.4 Å². The summed E-state index contributed by atoms with van der Waals surface area (Å²) in [5.41, 5.74) is -2.27. The Bertz CT molecular complexity index is 672. The molecule has 0 aromatic rings. The zero-order valence-electron chi connectivity index (χ0n) is 16.6.